The fourth-order valence-electron chi connectivity index (χ4n) is 6.00. The van der Waals surface area contributed by atoms with E-state index in [1.807, 2.05) is 47.2 Å². The molecule has 0 spiro atoms. The standard InChI is InChI=1S/C36H59N2O7P/c1-2-3-4-5-6-7-8-9-10-11-12-13-14-15-16-19-26-37-36(40)42-30-32-24-25-34(44-32)35(39)45-46(41)43-29-28-38-27-20-22-31-21-17-18-23-33(31)38/h17-18,20-23,27,32,34-35,39,46H,2-16,19,24-26,28-30H2,1H3/p+1/t32-,34+,35?/m0/s1. The molecule has 2 aromatic rings. The van der Waals surface area contributed by atoms with Crippen LogP contribution in [0.15, 0.2) is 42.6 Å². The Kier molecular flexibility index (Phi) is 20.4. The van der Waals surface area contributed by atoms with Gasteiger partial charge in [0.15, 0.2) is 19.3 Å². The van der Waals surface area contributed by atoms with E-state index in [2.05, 4.69) is 12.2 Å². The first-order chi connectivity index (χ1) is 22.6. The van der Waals surface area contributed by atoms with Gasteiger partial charge in [0.05, 0.1) is 6.10 Å². The normalized spacial score (nSPS) is 17.7. The van der Waals surface area contributed by atoms with Crippen molar-refractivity contribution in [1.82, 2.24) is 5.32 Å². The summed E-state index contributed by atoms with van der Waals surface area (Å²) in [7, 11) is -2.91. The van der Waals surface area contributed by atoms with Gasteiger partial charge in [0.2, 0.25) is 20.4 Å². The van der Waals surface area contributed by atoms with E-state index in [1.54, 1.807) is 0 Å². The van der Waals surface area contributed by atoms with Crippen molar-refractivity contribution in [3.8, 4) is 0 Å². The van der Waals surface area contributed by atoms with Crippen LogP contribution in [0, 0.1) is 0 Å². The van der Waals surface area contributed by atoms with Crippen LogP contribution in [0.1, 0.15) is 122 Å². The quantitative estimate of drug-likeness (QED) is 0.0469. The Hall–Kier alpha value is -1.87. The molecule has 260 valence electrons. The Balaban J connectivity index is 1.11. The van der Waals surface area contributed by atoms with E-state index >= 15 is 0 Å². The zero-order chi connectivity index (χ0) is 32.7. The number of amides is 1. The first kappa shape index (κ1) is 38.6. The minimum absolute atomic E-state index is 0.0992. The summed E-state index contributed by atoms with van der Waals surface area (Å²) < 4.78 is 23.7. The number of unbranched alkanes of at least 4 members (excludes halogenated alkanes) is 15. The van der Waals surface area contributed by atoms with Gasteiger partial charge in [-0.3, -0.25) is 0 Å². The van der Waals surface area contributed by atoms with Crippen LogP contribution in [0.4, 0.5) is 4.79 Å². The van der Waals surface area contributed by atoms with E-state index in [0.29, 0.717) is 25.9 Å². The summed E-state index contributed by atoms with van der Waals surface area (Å²) in [5.41, 5.74) is 1.05. The van der Waals surface area contributed by atoms with E-state index in [1.165, 1.54) is 89.9 Å². The number of benzene rings is 1. The van der Waals surface area contributed by atoms with Gasteiger partial charge in [-0.05, 0) is 31.4 Å². The monoisotopic (exact) mass is 663 g/mol. The molecule has 10 heteroatoms. The molecule has 9 nitrogen and oxygen atoms in total. The fraction of sp³-hybridized carbons (Fsp3) is 0.722. The molecule has 1 aliphatic rings. The number of nitrogens with one attached hydrogen (secondary N) is 1. The smallest absolute Gasteiger partial charge is 0.407 e. The van der Waals surface area contributed by atoms with Crippen molar-refractivity contribution in [2.45, 2.75) is 148 Å². The molecule has 3 rings (SSSR count). The van der Waals surface area contributed by atoms with Gasteiger partial charge < -0.3 is 24.8 Å². The molecule has 0 aliphatic carbocycles. The van der Waals surface area contributed by atoms with Gasteiger partial charge >= 0.3 is 6.09 Å². The van der Waals surface area contributed by atoms with E-state index in [-0.39, 0.29) is 19.3 Å². The number of aliphatic hydroxyl groups excluding tert-OH is 1. The second-order valence-electron chi connectivity index (χ2n) is 12.6. The predicted molar refractivity (Wildman–Crippen MR) is 182 cm³/mol. The highest BCUT2D eigenvalue weighted by Gasteiger charge is 2.34. The minimum Gasteiger partial charge on any atom is -0.633 e. The SMILES string of the molecule is CCCCCCCCCCCCCCCCCCNC(=O)OC[C@@H]1CC[C@H](C(O)O[PH+]([O-])OCC[n+]2cccc3ccccc32)O1. The fourth-order valence-corrected chi connectivity index (χ4v) is 6.68. The largest absolute Gasteiger partial charge is 0.633 e. The van der Waals surface area contributed by atoms with Gasteiger partial charge in [0, 0.05) is 24.1 Å². The molecular weight excluding hydrogens is 603 g/mol. The Morgan fingerprint density at radius 3 is 2.22 bits per heavy atom. The summed E-state index contributed by atoms with van der Waals surface area (Å²) in [6.45, 7) is 3.65. The lowest BCUT2D eigenvalue weighted by Gasteiger charge is -2.20. The number of para-hydroxylation sites is 1. The van der Waals surface area contributed by atoms with Crippen LogP contribution >= 0.6 is 8.60 Å². The van der Waals surface area contributed by atoms with E-state index < -0.39 is 27.1 Å². The summed E-state index contributed by atoms with van der Waals surface area (Å²) >= 11 is 0. The molecule has 0 radical (unpaired) electrons. The highest BCUT2D eigenvalue weighted by molar-refractivity contribution is 7.39. The number of carbonyl (C=O) groups excluding carboxylic acids is 1. The number of aromatic nitrogens is 1. The summed E-state index contributed by atoms with van der Waals surface area (Å²) in [5.74, 6) is 0. The van der Waals surface area contributed by atoms with Crippen LogP contribution in [0.5, 0.6) is 0 Å². The Labute approximate surface area is 278 Å². The molecule has 1 fully saturated rings. The first-order valence-corrected chi connectivity index (χ1v) is 19.2. The lowest BCUT2D eigenvalue weighted by molar-refractivity contribution is -0.672. The van der Waals surface area contributed by atoms with Gasteiger partial charge in [-0.25, -0.2) is 9.32 Å². The van der Waals surface area contributed by atoms with Crippen LogP contribution < -0.4 is 14.8 Å². The molecule has 1 amide bonds. The average molecular weight is 664 g/mol. The number of carbonyl (C=O) groups is 1. The maximum Gasteiger partial charge on any atom is 0.407 e. The molecule has 0 saturated carbocycles. The summed E-state index contributed by atoms with van der Waals surface area (Å²) in [6.07, 6.45) is 21.3. The molecule has 46 heavy (non-hydrogen) atoms. The molecule has 2 heterocycles. The topological polar surface area (TPSA) is 113 Å². The first-order valence-electron chi connectivity index (χ1n) is 18.0. The molecular formula is C36H60N2O7P+. The molecule has 1 aromatic carbocycles. The number of alkyl carbamates (subject to hydrolysis) is 1. The van der Waals surface area contributed by atoms with Crippen molar-refractivity contribution in [3.63, 3.8) is 0 Å². The summed E-state index contributed by atoms with van der Waals surface area (Å²) in [4.78, 5) is 24.4. The van der Waals surface area contributed by atoms with Crippen LogP contribution in [0.2, 0.25) is 0 Å². The minimum atomic E-state index is -2.91. The molecule has 1 aliphatic heterocycles. The Morgan fingerprint density at radius 2 is 1.54 bits per heavy atom. The van der Waals surface area contributed by atoms with E-state index in [4.69, 9.17) is 18.5 Å². The summed E-state index contributed by atoms with van der Waals surface area (Å²) in [5, 5.41) is 14.3. The van der Waals surface area contributed by atoms with E-state index in [9.17, 15) is 14.8 Å². The number of rotatable bonds is 26. The Morgan fingerprint density at radius 1 is 0.935 bits per heavy atom. The van der Waals surface area contributed by atoms with Crippen LogP contribution in [0.3, 0.4) is 0 Å². The number of pyridine rings is 1. The van der Waals surface area contributed by atoms with Crippen molar-refractivity contribution in [3.05, 3.63) is 42.6 Å². The van der Waals surface area contributed by atoms with Crippen molar-refractivity contribution < 1.29 is 37.9 Å². The number of ether oxygens (including phenoxy) is 2. The predicted octanol–water partition coefficient (Wildman–Crippen LogP) is 7.33. The zero-order valence-electron chi connectivity index (χ0n) is 28.2. The third-order valence-corrected chi connectivity index (χ3v) is 9.59. The van der Waals surface area contributed by atoms with Gasteiger partial charge in [-0.1, -0.05) is 115 Å². The van der Waals surface area contributed by atoms with Crippen LogP contribution in [-0.2, 0) is 25.1 Å². The highest BCUT2D eigenvalue weighted by atomic mass is 31.2. The molecule has 2 unspecified atom stereocenters. The summed E-state index contributed by atoms with van der Waals surface area (Å²) in [6, 6.07) is 12.0. The van der Waals surface area contributed by atoms with Gasteiger partial charge in [-0.15, -0.1) is 0 Å². The Bertz CT molecular complexity index is 1070. The second-order valence-corrected chi connectivity index (χ2v) is 13.6. The molecule has 0 bridgehead atoms. The zero-order valence-corrected chi connectivity index (χ0v) is 29.2. The van der Waals surface area contributed by atoms with Crippen molar-refractivity contribution >= 4 is 25.6 Å². The number of hydrogen-bond donors (Lipinski definition) is 2. The van der Waals surface area contributed by atoms with Crippen molar-refractivity contribution in [1.29, 1.82) is 0 Å². The molecule has 2 N–H and O–H groups in total. The van der Waals surface area contributed by atoms with Crippen LogP contribution in [-0.4, -0.2) is 49.5 Å². The second kappa shape index (κ2) is 24.3. The number of fused-ring (bicyclic) bond motifs is 1. The number of nitrogens with zero attached hydrogens (tertiary/aromatic N) is 1. The van der Waals surface area contributed by atoms with Gasteiger partial charge in [0.25, 0.3) is 0 Å². The maximum atomic E-state index is 12.3. The lowest BCUT2D eigenvalue weighted by Crippen LogP contribution is -2.36. The lowest BCUT2D eigenvalue weighted by atomic mass is 10.0. The average Bonchev–Trinajstić information content (AvgIpc) is 3.55. The van der Waals surface area contributed by atoms with Crippen molar-refractivity contribution in [2.24, 2.45) is 0 Å². The third-order valence-electron chi connectivity index (χ3n) is 8.72. The molecule has 4 atom stereocenters. The number of aliphatic hydroxyl groups is 1. The maximum absolute atomic E-state index is 12.3. The molecule has 1 aromatic heterocycles. The number of hydrogen-bond acceptors (Lipinski definition) is 7. The third kappa shape index (κ3) is 16.3. The van der Waals surface area contributed by atoms with Gasteiger partial charge in [0.1, 0.15) is 12.7 Å². The van der Waals surface area contributed by atoms with Crippen LogP contribution in [0.25, 0.3) is 10.9 Å². The van der Waals surface area contributed by atoms with Crippen molar-refractivity contribution in [2.75, 3.05) is 19.8 Å². The highest BCUT2D eigenvalue weighted by Crippen LogP contribution is 2.33. The van der Waals surface area contributed by atoms with Gasteiger partial charge in [-0.2, -0.15) is 9.09 Å². The van der Waals surface area contributed by atoms with E-state index in [0.717, 1.165) is 23.7 Å². The molecule has 1 saturated heterocycles.